The highest BCUT2D eigenvalue weighted by Crippen LogP contribution is 2.61. The van der Waals surface area contributed by atoms with Crippen LogP contribution < -0.4 is 0 Å². The molecule has 1 heterocycles. The number of rotatable bonds is 3. The van der Waals surface area contributed by atoms with Gasteiger partial charge < -0.3 is 0 Å². The van der Waals surface area contributed by atoms with Crippen LogP contribution >= 0.6 is 27.7 Å². The fraction of sp³-hybridized carbons (Fsp3) is 0.800. The molecule has 2 aliphatic rings. The number of halogens is 1. The third kappa shape index (κ3) is 1.52. The minimum absolute atomic E-state index is 0.503. The van der Waals surface area contributed by atoms with Crippen molar-refractivity contribution in [2.75, 3.05) is 5.33 Å². The summed E-state index contributed by atoms with van der Waals surface area (Å²) >= 11 is 5.01. The zero-order valence-corrected chi connectivity index (χ0v) is 10.4. The zero-order valence-electron chi connectivity index (χ0n) is 7.95. The van der Waals surface area contributed by atoms with Crippen LogP contribution in [0.2, 0.25) is 0 Å². The first kappa shape index (κ1) is 9.28. The second kappa shape index (κ2) is 3.27. The quantitative estimate of drug-likeness (QED) is 0.791. The van der Waals surface area contributed by atoms with Crippen molar-refractivity contribution in [2.45, 2.75) is 25.7 Å². The van der Waals surface area contributed by atoms with Crippen molar-refractivity contribution in [1.29, 1.82) is 0 Å². The second-order valence-electron chi connectivity index (χ2n) is 4.87. The monoisotopic (exact) mass is 272 g/mol. The van der Waals surface area contributed by atoms with Gasteiger partial charge in [0.05, 0.1) is 23.6 Å². The molecule has 1 aromatic heterocycles. The van der Waals surface area contributed by atoms with E-state index >= 15 is 0 Å². The van der Waals surface area contributed by atoms with Crippen molar-refractivity contribution in [3.05, 3.63) is 11.9 Å². The van der Waals surface area contributed by atoms with Gasteiger partial charge in [-0.05, 0) is 42.9 Å². The first-order chi connectivity index (χ1) is 6.81. The van der Waals surface area contributed by atoms with Gasteiger partial charge >= 0.3 is 0 Å². The molecule has 0 aromatic carbocycles. The molecule has 2 saturated carbocycles. The summed E-state index contributed by atoms with van der Waals surface area (Å²) in [5.41, 5.74) is 1.69. The van der Waals surface area contributed by atoms with Crippen molar-refractivity contribution in [2.24, 2.45) is 17.3 Å². The molecule has 2 aliphatic carbocycles. The van der Waals surface area contributed by atoms with Gasteiger partial charge in [0.1, 0.15) is 0 Å². The molecular formula is C10H13BrN2S. The number of aromatic nitrogens is 2. The standard InChI is InChI=1S/C10H13BrN2S/c11-6-10(2-7-1-8(7)3-10)4-9-5-12-14-13-9/h5,7-8H,1-4,6H2. The van der Waals surface area contributed by atoms with Crippen molar-refractivity contribution in [3.8, 4) is 0 Å². The Morgan fingerprint density at radius 2 is 2.29 bits per heavy atom. The summed E-state index contributed by atoms with van der Waals surface area (Å²) in [4.78, 5) is 0. The first-order valence-electron chi connectivity index (χ1n) is 5.14. The maximum atomic E-state index is 4.32. The third-order valence-corrected chi connectivity index (χ3v) is 5.41. The number of nitrogens with zero attached hydrogens (tertiary/aromatic N) is 2. The molecule has 2 fully saturated rings. The van der Waals surface area contributed by atoms with Gasteiger partial charge in [-0.3, -0.25) is 0 Å². The number of hydrogen-bond donors (Lipinski definition) is 0. The maximum Gasteiger partial charge on any atom is 0.0748 e. The predicted octanol–water partition coefficient (Wildman–Crippen LogP) is 2.89. The minimum Gasteiger partial charge on any atom is -0.181 e. The van der Waals surface area contributed by atoms with E-state index in [1.54, 1.807) is 0 Å². The summed E-state index contributed by atoms with van der Waals surface area (Å²) in [5.74, 6) is 2.08. The SMILES string of the molecule is BrCC1(Cc2cnsn2)CC2CC2C1. The van der Waals surface area contributed by atoms with Gasteiger partial charge in [0.2, 0.25) is 0 Å². The van der Waals surface area contributed by atoms with E-state index in [0.717, 1.165) is 23.6 Å². The Morgan fingerprint density at radius 1 is 1.50 bits per heavy atom. The van der Waals surface area contributed by atoms with Crippen molar-refractivity contribution in [1.82, 2.24) is 8.75 Å². The molecule has 2 unspecified atom stereocenters. The number of fused-ring (bicyclic) bond motifs is 1. The molecule has 3 rings (SSSR count). The lowest BCUT2D eigenvalue weighted by molar-refractivity contribution is 0.306. The smallest absolute Gasteiger partial charge is 0.0748 e. The molecule has 0 aliphatic heterocycles. The van der Waals surface area contributed by atoms with E-state index in [4.69, 9.17) is 0 Å². The van der Waals surface area contributed by atoms with E-state index in [2.05, 4.69) is 24.7 Å². The molecule has 2 atom stereocenters. The molecule has 1 aromatic rings. The normalized spacial score (nSPS) is 39.8. The molecule has 0 bridgehead atoms. The highest BCUT2D eigenvalue weighted by Gasteiger charge is 2.53. The molecule has 0 amide bonds. The number of alkyl halides is 1. The lowest BCUT2D eigenvalue weighted by atomic mass is 9.81. The molecule has 0 N–H and O–H groups in total. The second-order valence-corrected chi connectivity index (χ2v) is 5.99. The Labute approximate surface area is 96.6 Å². The van der Waals surface area contributed by atoms with Crippen LogP contribution in [0, 0.1) is 17.3 Å². The maximum absolute atomic E-state index is 4.32. The summed E-state index contributed by atoms with van der Waals surface area (Å²) in [7, 11) is 0. The largest absolute Gasteiger partial charge is 0.181 e. The van der Waals surface area contributed by atoms with Crippen LogP contribution in [0.25, 0.3) is 0 Å². The van der Waals surface area contributed by atoms with Gasteiger partial charge in [0.15, 0.2) is 0 Å². The molecule has 0 saturated heterocycles. The van der Waals surface area contributed by atoms with Crippen LogP contribution in [-0.4, -0.2) is 14.1 Å². The fourth-order valence-electron chi connectivity index (χ4n) is 2.95. The Hall–Kier alpha value is 0.0400. The molecular weight excluding hydrogens is 260 g/mol. The van der Waals surface area contributed by atoms with Crippen LogP contribution in [0.4, 0.5) is 0 Å². The average molecular weight is 273 g/mol. The van der Waals surface area contributed by atoms with Gasteiger partial charge in [0.25, 0.3) is 0 Å². The Kier molecular flexibility index (Phi) is 2.17. The third-order valence-electron chi connectivity index (χ3n) is 3.71. The van der Waals surface area contributed by atoms with Gasteiger partial charge in [-0.1, -0.05) is 15.9 Å². The van der Waals surface area contributed by atoms with Gasteiger partial charge in [-0.2, -0.15) is 8.75 Å². The molecule has 76 valence electrons. The summed E-state index contributed by atoms with van der Waals surface area (Å²) in [6.07, 6.45) is 7.35. The van der Waals surface area contributed by atoms with Crippen LogP contribution in [0.1, 0.15) is 25.0 Å². The van der Waals surface area contributed by atoms with E-state index in [1.165, 1.54) is 36.7 Å². The molecule has 2 nitrogen and oxygen atoms in total. The van der Waals surface area contributed by atoms with Gasteiger partial charge in [0, 0.05) is 5.33 Å². The van der Waals surface area contributed by atoms with E-state index in [9.17, 15) is 0 Å². The van der Waals surface area contributed by atoms with Crippen molar-refractivity contribution < 1.29 is 0 Å². The summed E-state index contributed by atoms with van der Waals surface area (Å²) in [6.45, 7) is 0. The lowest BCUT2D eigenvalue weighted by Gasteiger charge is -2.27. The van der Waals surface area contributed by atoms with E-state index < -0.39 is 0 Å². The first-order valence-corrected chi connectivity index (χ1v) is 6.99. The molecule has 0 spiro atoms. The van der Waals surface area contributed by atoms with Crippen molar-refractivity contribution in [3.63, 3.8) is 0 Å². The molecule has 0 radical (unpaired) electrons. The highest BCUT2D eigenvalue weighted by atomic mass is 79.9. The Bertz CT molecular complexity index is 315. The zero-order chi connectivity index (χ0) is 9.60. The summed E-state index contributed by atoms with van der Waals surface area (Å²) in [5, 5.41) is 1.13. The minimum atomic E-state index is 0.503. The Morgan fingerprint density at radius 3 is 2.86 bits per heavy atom. The molecule has 4 heteroatoms. The van der Waals surface area contributed by atoms with E-state index in [1.807, 2.05) is 6.20 Å². The highest BCUT2D eigenvalue weighted by molar-refractivity contribution is 9.09. The topological polar surface area (TPSA) is 25.8 Å². The van der Waals surface area contributed by atoms with Crippen LogP contribution in [0.5, 0.6) is 0 Å². The van der Waals surface area contributed by atoms with Crippen LogP contribution in [0.15, 0.2) is 6.20 Å². The van der Waals surface area contributed by atoms with Crippen LogP contribution in [-0.2, 0) is 6.42 Å². The average Bonchev–Trinajstić information content (AvgIpc) is 2.68. The van der Waals surface area contributed by atoms with Crippen LogP contribution in [0.3, 0.4) is 0 Å². The summed E-state index contributed by atoms with van der Waals surface area (Å²) < 4.78 is 8.40. The van der Waals surface area contributed by atoms with Gasteiger partial charge in [-0.15, -0.1) is 0 Å². The molecule has 14 heavy (non-hydrogen) atoms. The fourth-order valence-corrected chi connectivity index (χ4v) is 4.04. The lowest BCUT2D eigenvalue weighted by Crippen LogP contribution is -2.23. The van der Waals surface area contributed by atoms with E-state index in [-0.39, 0.29) is 0 Å². The Balaban J connectivity index is 1.75. The predicted molar refractivity (Wildman–Crippen MR) is 60.7 cm³/mol. The number of hydrogen-bond acceptors (Lipinski definition) is 3. The van der Waals surface area contributed by atoms with Crippen molar-refractivity contribution >= 4 is 27.7 Å². The van der Waals surface area contributed by atoms with Gasteiger partial charge in [-0.25, -0.2) is 0 Å². The van der Waals surface area contributed by atoms with E-state index in [0.29, 0.717) is 5.41 Å². The summed E-state index contributed by atoms with van der Waals surface area (Å²) in [6, 6.07) is 0.